The number of hydrogen-bond donors (Lipinski definition) is 0. The Kier molecular flexibility index (Phi) is 7.18. The topological polar surface area (TPSA) is 70.6 Å². The monoisotopic (exact) mass is 463 g/mol. The number of rotatable bonds is 8. The minimum atomic E-state index is -3.39. The quantitative estimate of drug-likeness (QED) is 0.470. The van der Waals surface area contributed by atoms with Crippen LogP contribution in [0.5, 0.6) is 0 Å². The second-order valence-electron chi connectivity index (χ2n) is 7.02. The van der Waals surface area contributed by atoms with Gasteiger partial charge < -0.3 is 4.90 Å². The van der Waals surface area contributed by atoms with Gasteiger partial charge in [0.15, 0.2) is 15.0 Å². The molecule has 0 unspecified atom stereocenters. The minimum absolute atomic E-state index is 0.00929. The molecule has 0 aliphatic carbocycles. The van der Waals surface area contributed by atoms with E-state index in [4.69, 9.17) is 0 Å². The number of likely N-dealkylation sites (N-methyl/N-ethyl adjacent to an activating group) is 1. The molecular weight excluding hydrogens is 438 g/mol. The molecule has 3 rings (SSSR count). The van der Waals surface area contributed by atoms with Crippen LogP contribution in [0.4, 0.5) is 5.13 Å². The van der Waals surface area contributed by atoms with Crippen molar-refractivity contribution in [3.8, 4) is 0 Å². The third-order valence-corrected chi connectivity index (χ3v) is 8.15. The van der Waals surface area contributed by atoms with Gasteiger partial charge in [-0.25, -0.2) is 13.4 Å². The number of fused-ring (bicyclic) bond motifs is 1. The number of hydrogen-bond acceptors (Lipinski definition) is 7. The molecule has 1 aromatic heterocycles. The largest absolute Gasteiger partial charge is 0.308 e. The highest BCUT2D eigenvalue weighted by molar-refractivity contribution is 7.98. The molecule has 0 atom stereocenters. The zero-order valence-electron chi connectivity index (χ0n) is 17.5. The molecule has 30 heavy (non-hydrogen) atoms. The molecule has 1 amide bonds. The van der Waals surface area contributed by atoms with Gasteiger partial charge in [0.2, 0.25) is 0 Å². The molecule has 0 aliphatic rings. The number of thioether (sulfide) groups is 1. The minimum Gasteiger partial charge on any atom is -0.308 e. The highest BCUT2D eigenvalue weighted by Crippen LogP contribution is 2.32. The molecule has 0 N–H and O–H groups in total. The van der Waals surface area contributed by atoms with Crippen molar-refractivity contribution in [1.82, 2.24) is 9.88 Å². The molecule has 9 heteroatoms. The highest BCUT2D eigenvalue weighted by atomic mass is 32.2. The van der Waals surface area contributed by atoms with Gasteiger partial charge in [0.25, 0.3) is 5.91 Å². The van der Waals surface area contributed by atoms with Crippen LogP contribution in [0.1, 0.15) is 17.3 Å². The molecule has 6 nitrogen and oxygen atoms in total. The molecule has 0 spiro atoms. The third-order valence-electron chi connectivity index (χ3n) is 4.65. The predicted molar refractivity (Wildman–Crippen MR) is 126 cm³/mol. The maximum atomic E-state index is 13.4. The number of amides is 1. The first-order valence-corrected chi connectivity index (χ1v) is 13.2. The van der Waals surface area contributed by atoms with Gasteiger partial charge in [0, 0.05) is 23.5 Å². The number of carbonyl (C=O) groups is 1. The Morgan fingerprint density at radius 2 is 1.90 bits per heavy atom. The lowest BCUT2D eigenvalue weighted by molar-refractivity contribution is 0.0985. The number of carbonyl (C=O) groups excluding carboxylic acids is 1. The van der Waals surface area contributed by atoms with Crippen LogP contribution in [0.3, 0.4) is 0 Å². The highest BCUT2D eigenvalue weighted by Gasteiger charge is 2.23. The van der Waals surface area contributed by atoms with E-state index in [1.165, 1.54) is 23.5 Å². The number of aromatic nitrogens is 1. The van der Waals surface area contributed by atoms with Gasteiger partial charge in [-0.3, -0.25) is 9.69 Å². The lowest BCUT2D eigenvalue weighted by atomic mass is 10.2. The Labute approximate surface area is 185 Å². The van der Waals surface area contributed by atoms with Crippen molar-refractivity contribution >= 4 is 54.2 Å². The summed E-state index contributed by atoms with van der Waals surface area (Å²) in [6.45, 7) is 2.70. The van der Waals surface area contributed by atoms with Crippen molar-refractivity contribution in [3.63, 3.8) is 0 Å². The van der Waals surface area contributed by atoms with Gasteiger partial charge in [-0.1, -0.05) is 24.3 Å². The fraction of sp³-hybridized carbons (Fsp3) is 0.333. The summed E-state index contributed by atoms with van der Waals surface area (Å²) < 4.78 is 25.5. The summed E-state index contributed by atoms with van der Waals surface area (Å²) in [6, 6.07) is 12.3. The average Bonchev–Trinajstić information content (AvgIpc) is 3.16. The van der Waals surface area contributed by atoms with E-state index in [1.54, 1.807) is 35.7 Å². The van der Waals surface area contributed by atoms with Crippen molar-refractivity contribution in [2.24, 2.45) is 0 Å². The van der Waals surface area contributed by atoms with Gasteiger partial charge in [-0.05, 0) is 56.7 Å². The zero-order valence-corrected chi connectivity index (χ0v) is 19.9. The normalized spacial score (nSPS) is 11.9. The van der Waals surface area contributed by atoms with Crippen LogP contribution in [-0.2, 0) is 9.84 Å². The Balaban J connectivity index is 2.02. The Morgan fingerprint density at radius 1 is 1.13 bits per heavy atom. The average molecular weight is 464 g/mol. The van der Waals surface area contributed by atoms with Crippen molar-refractivity contribution in [2.75, 3.05) is 44.1 Å². The molecule has 0 aliphatic heterocycles. The van der Waals surface area contributed by atoms with Crippen molar-refractivity contribution in [3.05, 3.63) is 48.0 Å². The summed E-state index contributed by atoms with van der Waals surface area (Å²) in [5.41, 5.74) is 1.19. The second kappa shape index (κ2) is 9.47. The molecule has 0 bridgehead atoms. The molecule has 0 fully saturated rings. The molecule has 160 valence electrons. The van der Waals surface area contributed by atoms with Crippen LogP contribution < -0.4 is 4.90 Å². The van der Waals surface area contributed by atoms with E-state index in [9.17, 15) is 13.2 Å². The molecule has 0 radical (unpaired) electrons. The number of nitrogens with zero attached hydrogens (tertiary/aromatic N) is 3. The Bertz CT molecular complexity index is 1160. The first-order valence-electron chi connectivity index (χ1n) is 9.49. The summed E-state index contributed by atoms with van der Waals surface area (Å²) >= 11 is 3.13. The van der Waals surface area contributed by atoms with E-state index in [0.717, 1.165) is 15.1 Å². The van der Waals surface area contributed by atoms with Gasteiger partial charge in [0.1, 0.15) is 0 Å². The summed E-state index contributed by atoms with van der Waals surface area (Å²) in [7, 11) is 0.496. The lowest BCUT2D eigenvalue weighted by Crippen LogP contribution is -2.36. The van der Waals surface area contributed by atoms with E-state index in [2.05, 4.69) is 11.1 Å². The Hall–Kier alpha value is -1.94. The molecule has 2 aromatic carbocycles. The first-order chi connectivity index (χ1) is 14.2. The fourth-order valence-electron chi connectivity index (χ4n) is 2.86. The zero-order chi connectivity index (χ0) is 21.9. The fourth-order valence-corrected chi connectivity index (χ4v) is 5.33. The van der Waals surface area contributed by atoms with Crippen LogP contribution in [-0.4, -0.2) is 63.4 Å². The van der Waals surface area contributed by atoms with E-state index in [-0.39, 0.29) is 16.6 Å². The van der Waals surface area contributed by atoms with Gasteiger partial charge in [-0.2, -0.15) is 0 Å². The van der Waals surface area contributed by atoms with Crippen molar-refractivity contribution < 1.29 is 13.2 Å². The second-order valence-corrected chi connectivity index (χ2v) is 11.2. The number of benzene rings is 2. The van der Waals surface area contributed by atoms with Crippen molar-refractivity contribution in [2.45, 2.75) is 16.7 Å². The maximum Gasteiger partial charge on any atom is 0.260 e. The summed E-state index contributed by atoms with van der Waals surface area (Å²) in [5.74, 6) is -0.265. The first kappa shape index (κ1) is 22.7. The van der Waals surface area contributed by atoms with E-state index in [0.29, 0.717) is 23.8 Å². The number of thiazole rings is 1. The van der Waals surface area contributed by atoms with Gasteiger partial charge in [0.05, 0.1) is 20.9 Å². The van der Waals surface area contributed by atoms with Crippen LogP contribution >= 0.6 is 23.1 Å². The summed E-state index contributed by atoms with van der Waals surface area (Å²) in [6.07, 6.45) is 2.02. The molecule has 3 aromatic rings. The van der Waals surface area contributed by atoms with Crippen LogP contribution in [0.2, 0.25) is 0 Å². The molecule has 0 saturated heterocycles. The summed E-state index contributed by atoms with van der Waals surface area (Å²) in [4.78, 5) is 23.0. The van der Waals surface area contributed by atoms with Gasteiger partial charge >= 0.3 is 0 Å². The number of anilines is 1. The SMILES string of the molecule is CCS(=O)(=O)c1cccc(C(=O)N(CCN(C)C)c2nc3ccc(SC)cc3s2)c1. The lowest BCUT2D eigenvalue weighted by Gasteiger charge is -2.22. The third kappa shape index (κ3) is 5.03. The smallest absolute Gasteiger partial charge is 0.260 e. The number of sulfone groups is 1. The van der Waals surface area contributed by atoms with Crippen molar-refractivity contribution in [1.29, 1.82) is 0 Å². The van der Waals surface area contributed by atoms with Crippen LogP contribution in [0.15, 0.2) is 52.3 Å². The summed E-state index contributed by atoms with van der Waals surface area (Å²) in [5, 5.41) is 0.610. The van der Waals surface area contributed by atoms with Crippen LogP contribution in [0.25, 0.3) is 10.2 Å². The van der Waals surface area contributed by atoms with E-state index < -0.39 is 9.84 Å². The standard InChI is InChI=1S/C21H25N3O3S3/c1-5-30(26,27)17-8-6-7-15(13-17)20(25)24(12-11-23(2)3)21-22-18-10-9-16(28-4)14-19(18)29-21/h6-10,13-14H,5,11-12H2,1-4H3. The Morgan fingerprint density at radius 3 is 2.57 bits per heavy atom. The van der Waals surface area contributed by atoms with Crippen LogP contribution in [0, 0.1) is 0 Å². The maximum absolute atomic E-state index is 13.4. The van der Waals surface area contributed by atoms with Gasteiger partial charge in [-0.15, -0.1) is 11.8 Å². The predicted octanol–water partition coefficient (Wildman–Crippen LogP) is 4.02. The molecular formula is C21H25N3O3S3. The molecule has 1 heterocycles. The van der Waals surface area contributed by atoms with E-state index >= 15 is 0 Å². The molecule has 0 saturated carbocycles. The van der Waals surface area contributed by atoms with E-state index in [1.807, 2.05) is 37.4 Å².